The number of benzene rings is 2. The average molecular weight is 502 g/mol. The van der Waals surface area contributed by atoms with Crippen molar-refractivity contribution >= 4 is 29.0 Å². The summed E-state index contributed by atoms with van der Waals surface area (Å²) < 4.78 is 0. The third kappa shape index (κ3) is 5.62. The Morgan fingerprint density at radius 1 is 1.00 bits per heavy atom. The van der Waals surface area contributed by atoms with Crippen molar-refractivity contribution in [3.63, 3.8) is 0 Å². The number of amides is 1. The summed E-state index contributed by atoms with van der Waals surface area (Å²) in [6, 6.07) is 11.8. The lowest BCUT2D eigenvalue weighted by Gasteiger charge is -2.17. The number of carbonyl (C=O) groups excluding carboxylic acids is 2. The van der Waals surface area contributed by atoms with Crippen LogP contribution in [0.15, 0.2) is 42.5 Å². The van der Waals surface area contributed by atoms with Gasteiger partial charge in [0.05, 0.1) is 5.57 Å². The first-order valence-electron chi connectivity index (χ1n) is 13.0. The molecular formula is C30H35N3O4. The van der Waals surface area contributed by atoms with Gasteiger partial charge >= 0.3 is 0 Å². The van der Waals surface area contributed by atoms with E-state index in [4.69, 9.17) is 0 Å². The number of fused-ring (bicyclic) bond motifs is 1. The molecule has 0 fully saturated rings. The third-order valence-corrected chi connectivity index (χ3v) is 7.02. The van der Waals surface area contributed by atoms with Crippen molar-refractivity contribution in [3.8, 4) is 22.6 Å². The summed E-state index contributed by atoms with van der Waals surface area (Å²) in [7, 11) is 0. The molecule has 37 heavy (non-hydrogen) atoms. The lowest BCUT2D eigenvalue weighted by molar-refractivity contribution is -0.110. The molecule has 3 aromatic rings. The van der Waals surface area contributed by atoms with Crippen LogP contribution in [0.5, 0.6) is 11.5 Å². The molecular weight excluding hydrogens is 466 g/mol. The molecule has 0 saturated heterocycles. The summed E-state index contributed by atoms with van der Waals surface area (Å²) >= 11 is 0. The Hall–Kier alpha value is -3.84. The molecule has 0 bridgehead atoms. The number of H-pyrrole nitrogens is 1. The minimum atomic E-state index is -0.226. The van der Waals surface area contributed by atoms with Crippen LogP contribution >= 0.6 is 0 Å². The first-order chi connectivity index (χ1) is 17.8. The van der Waals surface area contributed by atoms with Gasteiger partial charge in [0, 0.05) is 51.8 Å². The van der Waals surface area contributed by atoms with Gasteiger partial charge in [0.15, 0.2) is 5.78 Å². The average Bonchev–Trinajstić information content (AvgIpc) is 3.37. The van der Waals surface area contributed by atoms with Crippen LogP contribution in [0.25, 0.3) is 22.8 Å². The number of aromatic hydroxyl groups is 2. The van der Waals surface area contributed by atoms with Gasteiger partial charge in [-0.3, -0.25) is 9.59 Å². The number of aromatic nitrogens is 1. The lowest BCUT2D eigenvalue weighted by atomic mass is 9.93. The molecule has 0 aliphatic carbocycles. The van der Waals surface area contributed by atoms with E-state index in [2.05, 4.69) is 29.0 Å². The highest BCUT2D eigenvalue weighted by atomic mass is 16.3. The maximum absolute atomic E-state index is 13.5. The predicted octanol–water partition coefficient (Wildman–Crippen LogP) is 5.98. The molecule has 2 aromatic carbocycles. The molecule has 7 heteroatoms. The van der Waals surface area contributed by atoms with Crippen molar-refractivity contribution in [2.75, 3.05) is 25.0 Å². The van der Waals surface area contributed by atoms with Gasteiger partial charge in [-0.2, -0.15) is 0 Å². The highest BCUT2D eigenvalue weighted by Gasteiger charge is 2.27. The SMILES string of the molecule is CCN(CC)CCCCCC(=O)c1c(C)[nH]c(/C=C2\C(=O)Nc3ccccc32)c1-c1ccc(O)cc1O. The van der Waals surface area contributed by atoms with E-state index in [0.717, 1.165) is 50.1 Å². The Morgan fingerprint density at radius 3 is 2.49 bits per heavy atom. The topological polar surface area (TPSA) is 106 Å². The van der Waals surface area contributed by atoms with Gasteiger partial charge < -0.3 is 25.4 Å². The van der Waals surface area contributed by atoms with Crippen molar-refractivity contribution in [1.29, 1.82) is 0 Å². The number of hydrogen-bond acceptors (Lipinski definition) is 5. The number of carbonyl (C=O) groups is 2. The number of unbranched alkanes of at least 4 members (excludes halogenated alkanes) is 2. The second kappa shape index (κ2) is 11.5. The number of anilines is 1. The molecule has 1 aromatic heterocycles. The maximum atomic E-state index is 13.5. The number of aryl methyl sites for hydroxylation is 1. The number of ketones is 1. The molecule has 2 heterocycles. The van der Waals surface area contributed by atoms with E-state index in [1.165, 1.54) is 12.1 Å². The van der Waals surface area contributed by atoms with Crippen LogP contribution in [-0.2, 0) is 4.79 Å². The number of nitrogens with one attached hydrogen (secondary N) is 2. The Kier molecular flexibility index (Phi) is 8.14. The molecule has 194 valence electrons. The summed E-state index contributed by atoms with van der Waals surface area (Å²) in [5.74, 6) is -0.447. The summed E-state index contributed by atoms with van der Waals surface area (Å²) in [6.07, 6.45) is 4.90. The summed E-state index contributed by atoms with van der Waals surface area (Å²) in [5, 5.41) is 23.4. The number of phenolic OH excluding ortho intramolecular Hbond substituents is 2. The second-order valence-corrected chi connectivity index (χ2v) is 9.43. The Balaban J connectivity index is 1.68. The molecule has 0 unspecified atom stereocenters. The normalized spacial score (nSPS) is 13.8. The van der Waals surface area contributed by atoms with Crippen molar-refractivity contribution in [1.82, 2.24) is 9.88 Å². The summed E-state index contributed by atoms with van der Waals surface area (Å²) in [5.41, 5.74) is 4.69. The van der Waals surface area contributed by atoms with Gasteiger partial charge in [-0.15, -0.1) is 0 Å². The Bertz CT molecular complexity index is 1330. The quantitative estimate of drug-likeness (QED) is 0.147. The van der Waals surface area contributed by atoms with Crippen molar-refractivity contribution < 1.29 is 19.8 Å². The van der Waals surface area contributed by atoms with Gasteiger partial charge in [-0.05, 0) is 63.7 Å². The fraction of sp³-hybridized carbons (Fsp3) is 0.333. The van der Waals surface area contributed by atoms with E-state index in [1.807, 2.05) is 31.2 Å². The smallest absolute Gasteiger partial charge is 0.256 e. The van der Waals surface area contributed by atoms with E-state index < -0.39 is 0 Å². The minimum Gasteiger partial charge on any atom is -0.508 e. The molecule has 1 amide bonds. The molecule has 1 aliphatic heterocycles. The zero-order valence-electron chi connectivity index (χ0n) is 21.7. The monoisotopic (exact) mass is 501 g/mol. The number of nitrogens with zero attached hydrogens (tertiary/aromatic N) is 1. The fourth-order valence-electron chi connectivity index (χ4n) is 5.01. The number of aromatic amines is 1. The van der Waals surface area contributed by atoms with Crippen LogP contribution in [0, 0.1) is 6.92 Å². The van der Waals surface area contributed by atoms with Gasteiger partial charge in [0.2, 0.25) is 0 Å². The fourth-order valence-corrected chi connectivity index (χ4v) is 5.01. The number of para-hydroxylation sites is 1. The predicted molar refractivity (Wildman–Crippen MR) is 148 cm³/mol. The molecule has 1 aliphatic rings. The zero-order chi connectivity index (χ0) is 26.5. The van der Waals surface area contributed by atoms with E-state index in [1.54, 1.807) is 12.1 Å². The maximum Gasteiger partial charge on any atom is 0.256 e. The molecule has 7 nitrogen and oxygen atoms in total. The highest BCUT2D eigenvalue weighted by molar-refractivity contribution is 6.35. The highest BCUT2D eigenvalue weighted by Crippen LogP contribution is 2.41. The van der Waals surface area contributed by atoms with Gasteiger partial charge in [0.1, 0.15) is 11.5 Å². The molecule has 4 rings (SSSR count). The van der Waals surface area contributed by atoms with Gasteiger partial charge in [0.25, 0.3) is 5.91 Å². The molecule has 0 spiro atoms. The lowest BCUT2D eigenvalue weighted by Crippen LogP contribution is -2.23. The first-order valence-corrected chi connectivity index (χ1v) is 13.0. The molecule has 4 N–H and O–H groups in total. The van der Waals surface area contributed by atoms with Crippen LogP contribution in [-0.4, -0.2) is 51.4 Å². The van der Waals surface area contributed by atoms with Gasteiger partial charge in [-0.1, -0.05) is 38.5 Å². The zero-order valence-corrected chi connectivity index (χ0v) is 21.7. The number of phenols is 2. The van der Waals surface area contributed by atoms with Gasteiger partial charge in [-0.25, -0.2) is 0 Å². The van der Waals surface area contributed by atoms with Crippen molar-refractivity contribution in [2.45, 2.75) is 46.5 Å². The Morgan fingerprint density at radius 2 is 1.76 bits per heavy atom. The van der Waals surface area contributed by atoms with Crippen LogP contribution < -0.4 is 5.32 Å². The molecule has 0 atom stereocenters. The van der Waals surface area contributed by atoms with Crippen molar-refractivity contribution in [2.24, 2.45) is 0 Å². The van der Waals surface area contributed by atoms with Crippen LogP contribution in [0.4, 0.5) is 5.69 Å². The second-order valence-electron chi connectivity index (χ2n) is 9.43. The van der Waals surface area contributed by atoms with Crippen LogP contribution in [0.3, 0.4) is 0 Å². The standard InChI is InChI=1S/C30H35N3O4/c1-4-33(5-2)16-10-6-7-13-26(35)28-19(3)31-25(29(28)22-15-14-20(34)17-27(22)36)18-23-21-11-8-9-12-24(21)32-30(23)37/h8-9,11-12,14-15,17-18,31,34,36H,4-7,10,13,16H2,1-3H3,(H,32,37)/b23-18-. The van der Waals surface area contributed by atoms with E-state index in [9.17, 15) is 19.8 Å². The van der Waals surface area contributed by atoms with E-state index >= 15 is 0 Å². The minimum absolute atomic E-state index is 0.0139. The number of rotatable bonds is 11. The van der Waals surface area contributed by atoms with Crippen molar-refractivity contribution in [3.05, 3.63) is 65.0 Å². The summed E-state index contributed by atoms with van der Waals surface area (Å²) in [4.78, 5) is 31.9. The first kappa shape index (κ1) is 26.2. The Labute approximate surface area is 217 Å². The number of hydrogen-bond donors (Lipinski definition) is 4. The van der Waals surface area contributed by atoms with Crippen LogP contribution in [0.1, 0.15) is 66.8 Å². The molecule has 0 radical (unpaired) electrons. The van der Waals surface area contributed by atoms with Crippen LogP contribution in [0.2, 0.25) is 0 Å². The summed E-state index contributed by atoms with van der Waals surface area (Å²) in [6.45, 7) is 9.22. The third-order valence-electron chi connectivity index (χ3n) is 7.02. The molecule has 0 saturated carbocycles. The van der Waals surface area contributed by atoms with E-state index in [-0.39, 0.29) is 23.2 Å². The van der Waals surface area contributed by atoms with E-state index in [0.29, 0.717) is 40.1 Å². The number of Topliss-reactive ketones (excluding diaryl/α,β-unsaturated/α-hetero) is 1. The largest absolute Gasteiger partial charge is 0.508 e.